The summed E-state index contributed by atoms with van der Waals surface area (Å²) in [5.41, 5.74) is 2.88. The third-order valence-electron chi connectivity index (χ3n) is 3.32. The molecule has 0 aliphatic carbocycles. The number of thiophene rings is 4. The molecule has 0 fully saturated rings. The average Bonchev–Trinajstić information content (AvgIpc) is 3.03. The van der Waals surface area contributed by atoms with E-state index in [0.717, 1.165) is 6.42 Å². The lowest BCUT2D eigenvalue weighted by atomic mass is 10.2. The molecule has 0 unspecified atom stereocenters. The van der Waals surface area contributed by atoms with E-state index in [1.807, 2.05) is 45.3 Å². The summed E-state index contributed by atoms with van der Waals surface area (Å²) in [7, 11) is 0. The highest BCUT2D eigenvalue weighted by atomic mass is 79.9. The van der Waals surface area contributed by atoms with Gasteiger partial charge in [0.1, 0.15) is 0 Å². The summed E-state index contributed by atoms with van der Waals surface area (Å²) < 4.78 is 11.5. The zero-order chi connectivity index (χ0) is 13.3. The Morgan fingerprint density at radius 3 is 1.95 bits per heavy atom. The van der Waals surface area contributed by atoms with Crippen molar-refractivity contribution in [2.75, 3.05) is 0 Å². The van der Waals surface area contributed by atoms with Crippen LogP contribution in [0.2, 0.25) is 0 Å². The van der Waals surface area contributed by atoms with Gasteiger partial charge in [-0.05, 0) is 56.3 Å². The lowest BCUT2D eigenvalue weighted by molar-refractivity contribution is 1.17. The highest BCUT2D eigenvalue weighted by Crippen LogP contribution is 2.53. The van der Waals surface area contributed by atoms with Gasteiger partial charge in [0.25, 0.3) is 0 Å². The number of halogens is 2. The molecule has 0 saturated carbocycles. The molecule has 0 amide bonds. The van der Waals surface area contributed by atoms with Crippen molar-refractivity contribution in [3.8, 4) is 0 Å². The van der Waals surface area contributed by atoms with Crippen molar-refractivity contribution in [1.82, 2.24) is 0 Å². The van der Waals surface area contributed by atoms with E-state index in [4.69, 9.17) is 0 Å². The monoisotopic (exact) mass is 450 g/mol. The fourth-order valence-corrected chi connectivity index (χ4v) is 9.91. The standard InChI is InChI=1S/C13H8Br2S4/c1-3-5-7-9(19-13(5)15)11-10(17-7)8-6(16-11)4(2)12(14)18-8/h3H2,1-2H3. The number of rotatable bonds is 1. The van der Waals surface area contributed by atoms with Crippen LogP contribution in [0.15, 0.2) is 7.57 Å². The summed E-state index contributed by atoms with van der Waals surface area (Å²) in [6.45, 7) is 4.45. The smallest absolute Gasteiger partial charge is 0.0751 e. The Balaban J connectivity index is 2.21. The fraction of sp³-hybridized carbons (Fsp3) is 0.231. The quantitative estimate of drug-likeness (QED) is 0.277. The molecule has 4 heterocycles. The van der Waals surface area contributed by atoms with Crippen molar-refractivity contribution in [3.05, 3.63) is 18.7 Å². The average molecular weight is 452 g/mol. The second-order valence-electron chi connectivity index (χ2n) is 4.39. The number of aryl methyl sites for hydroxylation is 2. The van der Waals surface area contributed by atoms with Crippen LogP contribution < -0.4 is 0 Å². The van der Waals surface area contributed by atoms with Gasteiger partial charge in [0.15, 0.2) is 0 Å². The van der Waals surface area contributed by atoms with Crippen LogP contribution in [0.3, 0.4) is 0 Å². The van der Waals surface area contributed by atoms with E-state index in [1.165, 1.54) is 46.9 Å². The van der Waals surface area contributed by atoms with Gasteiger partial charge in [-0.1, -0.05) is 6.92 Å². The molecule has 0 saturated heterocycles. The molecule has 0 nitrogen and oxygen atoms in total. The Labute approximate surface area is 143 Å². The van der Waals surface area contributed by atoms with E-state index in [1.54, 1.807) is 0 Å². The zero-order valence-corrected chi connectivity index (χ0v) is 16.5. The molecule has 0 atom stereocenters. The third-order valence-corrected chi connectivity index (χ3v) is 10.7. The van der Waals surface area contributed by atoms with E-state index in [-0.39, 0.29) is 0 Å². The molecule has 4 aromatic rings. The maximum Gasteiger partial charge on any atom is 0.0751 e. The normalized spacial score (nSPS) is 12.4. The van der Waals surface area contributed by atoms with Crippen LogP contribution >= 0.6 is 77.2 Å². The van der Waals surface area contributed by atoms with E-state index < -0.39 is 0 Å². The van der Waals surface area contributed by atoms with Crippen LogP contribution in [-0.4, -0.2) is 0 Å². The molecular weight excluding hydrogens is 444 g/mol. The van der Waals surface area contributed by atoms with Crippen LogP contribution in [0.1, 0.15) is 18.1 Å². The molecule has 6 heteroatoms. The highest BCUT2D eigenvalue weighted by Gasteiger charge is 2.20. The number of hydrogen-bond acceptors (Lipinski definition) is 4. The SMILES string of the molecule is CCc1c(Br)sc2c1sc1c3sc(Br)c(C)c3sc21. The Hall–Kier alpha value is 0.540. The molecule has 0 aliphatic rings. The first kappa shape index (κ1) is 13.2. The van der Waals surface area contributed by atoms with Crippen molar-refractivity contribution in [2.24, 2.45) is 0 Å². The molecule has 0 bridgehead atoms. The molecule has 4 rings (SSSR count). The summed E-state index contributed by atoms with van der Waals surface area (Å²) in [6, 6.07) is 0. The summed E-state index contributed by atoms with van der Waals surface area (Å²) in [4.78, 5) is 0. The van der Waals surface area contributed by atoms with Gasteiger partial charge in [0.2, 0.25) is 0 Å². The number of hydrogen-bond donors (Lipinski definition) is 0. The van der Waals surface area contributed by atoms with Crippen molar-refractivity contribution < 1.29 is 0 Å². The molecule has 0 N–H and O–H groups in total. The van der Waals surface area contributed by atoms with Crippen LogP contribution in [-0.2, 0) is 6.42 Å². The van der Waals surface area contributed by atoms with E-state index in [9.17, 15) is 0 Å². The van der Waals surface area contributed by atoms with Crippen molar-refractivity contribution in [3.63, 3.8) is 0 Å². The van der Waals surface area contributed by atoms with Gasteiger partial charge in [0, 0.05) is 0 Å². The predicted octanol–water partition coefficient (Wildman–Crippen LogP) is 7.79. The lowest BCUT2D eigenvalue weighted by Crippen LogP contribution is -1.72. The number of fused-ring (bicyclic) bond motifs is 5. The fourth-order valence-electron chi connectivity index (χ4n) is 2.32. The molecular formula is C13H8Br2S4. The molecule has 0 spiro atoms. The minimum Gasteiger partial charge on any atom is -0.132 e. The Kier molecular flexibility index (Phi) is 3.14. The zero-order valence-electron chi connectivity index (χ0n) is 10.1. The molecule has 0 aromatic carbocycles. The summed E-state index contributed by atoms with van der Waals surface area (Å²) in [5, 5.41) is 0. The topological polar surface area (TPSA) is 0 Å². The maximum absolute atomic E-state index is 3.72. The van der Waals surface area contributed by atoms with E-state index >= 15 is 0 Å². The molecule has 19 heavy (non-hydrogen) atoms. The van der Waals surface area contributed by atoms with Crippen LogP contribution in [0.4, 0.5) is 0 Å². The molecule has 98 valence electrons. The minimum atomic E-state index is 1.10. The van der Waals surface area contributed by atoms with Crippen molar-refractivity contribution >= 4 is 105 Å². The van der Waals surface area contributed by atoms with Crippen LogP contribution in [0.25, 0.3) is 28.2 Å². The largest absolute Gasteiger partial charge is 0.132 e. The summed E-state index contributed by atoms with van der Waals surface area (Å²) in [5.74, 6) is 0. The minimum absolute atomic E-state index is 1.10. The van der Waals surface area contributed by atoms with Gasteiger partial charge in [-0.3, -0.25) is 0 Å². The first-order chi connectivity index (χ1) is 9.11. The molecule has 4 aromatic heterocycles. The molecule has 0 aliphatic heterocycles. The Morgan fingerprint density at radius 1 is 0.737 bits per heavy atom. The summed E-state index contributed by atoms with van der Waals surface area (Å²) >= 11 is 15.1. The van der Waals surface area contributed by atoms with Gasteiger partial charge < -0.3 is 0 Å². The van der Waals surface area contributed by atoms with Gasteiger partial charge in [0.05, 0.1) is 35.8 Å². The predicted molar refractivity (Wildman–Crippen MR) is 100.0 cm³/mol. The van der Waals surface area contributed by atoms with Crippen molar-refractivity contribution in [2.45, 2.75) is 20.3 Å². The second kappa shape index (κ2) is 4.52. The van der Waals surface area contributed by atoms with Crippen LogP contribution in [0.5, 0.6) is 0 Å². The van der Waals surface area contributed by atoms with Crippen LogP contribution in [0, 0.1) is 6.92 Å². The van der Waals surface area contributed by atoms with Gasteiger partial charge >= 0.3 is 0 Å². The van der Waals surface area contributed by atoms with E-state index in [0.29, 0.717) is 0 Å². The third kappa shape index (κ3) is 1.71. The maximum atomic E-state index is 3.72. The Bertz CT molecular complexity index is 935. The summed E-state index contributed by atoms with van der Waals surface area (Å²) in [6.07, 6.45) is 1.10. The second-order valence-corrected chi connectivity index (χ2v) is 11.1. The van der Waals surface area contributed by atoms with Gasteiger partial charge in [-0.25, -0.2) is 0 Å². The first-order valence-corrected chi connectivity index (χ1v) is 10.7. The highest BCUT2D eigenvalue weighted by molar-refractivity contribution is 9.11. The Morgan fingerprint density at radius 2 is 1.26 bits per heavy atom. The molecule has 0 radical (unpaired) electrons. The van der Waals surface area contributed by atoms with E-state index in [2.05, 4.69) is 45.7 Å². The van der Waals surface area contributed by atoms with Gasteiger partial charge in [-0.2, -0.15) is 0 Å². The van der Waals surface area contributed by atoms with Crippen molar-refractivity contribution in [1.29, 1.82) is 0 Å². The first-order valence-electron chi connectivity index (χ1n) is 5.82. The van der Waals surface area contributed by atoms with Gasteiger partial charge in [-0.15, -0.1) is 45.3 Å². The lowest BCUT2D eigenvalue weighted by Gasteiger charge is -1.90.